The van der Waals surface area contributed by atoms with Gasteiger partial charge in [0, 0.05) is 18.9 Å². The molecule has 0 saturated carbocycles. The third kappa shape index (κ3) is 3.36. The van der Waals surface area contributed by atoms with Crippen LogP contribution >= 0.6 is 11.3 Å². The van der Waals surface area contributed by atoms with Gasteiger partial charge >= 0.3 is 0 Å². The molecule has 0 fully saturated rings. The standard InChI is InChI=1S/C17H12FN5O2S.H2/c1-9-6-11(10-4-3-5-14(18)12(10)7-19)13(8-20-9)15(24)21-16-22-23-17(25-2)26-16;/h3-6,8H,1-2H3,(H,21,22,24);1H. The van der Waals surface area contributed by atoms with E-state index in [1.54, 1.807) is 19.1 Å². The lowest BCUT2D eigenvalue weighted by Crippen LogP contribution is -2.14. The lowest BCUT2D eigenvalue weighted by Gasteiger charge is -2.11. The molecule has 0 aliphatic rings. The van der Waals surface area contributed by atoms with E-state index >= 15 is 0 Å². The van der Waals surface area contributed by atoms with Gasteiger partial charge in [-0.05, 0) is 36.0 Å². The fourth-order valence-corrected chi connectivity index (χ4v) is 2.89. The van der Waals surface area contributed by atoms with Gasteiger partial charge in [0.25, 0.3) is 11.1 Å². The maximum absolute atomic E-state index is 14.0. The summed E-state index contributed by atoms with van der Waals surface area (Å²) in [5, 5.41) is 20.0. The number of methoxy groups -OCH3 is 1. The van der Waals surface area contributed by atoms with Crippen LogP contribution in [-0.2, 0) is 0 Å². The number of hydrogen-bond acceptors (Lipinski definition) is 7. The molecule has 0 bridgehead atoms. The molecule has 1 N–H and O–H groups in total. The third-order valence-electron chi connectivity index (χ3n) is 3.50. The lowest BCUT2D eigenvalue weighted by molar-refractivity contribution is 0.102. The van der Waals surface area contributed by atoms with Crippen LogP contribution in [0.1, 0.15) is 23.0 Å². The van der Waals surface area contributed by atoms with Crippen molar-refractivity contribution in [1.29, 1.82) is 5.26 Å². The quantitative estimate of drug-likeness (QED) is 0.754. The third-order valence-corrected chi connectivity index (χ3v) is 4.30. The highest BCUT2D eigenvalue weighted by atomic mass is 32.1. The van der Waals surface area contributed by atoms with Crippen molar-refractivity contribution in [2.45, 2.75) is 6.92 Å². The first kappa shape index (κ1) is 17.4. The van der Waals surface area contributed by atoms with Crippen LogP contribution in [0.3, 0.4) is 0 Å². The number of carbonyl (C=O) groups excluding carboxylic acids is 1. The SMILES string of the molecule is COc1nnc(NC(=O)c2cnc(C)cc2-c2cccc(F)c2C#N)s1.[HH]. The second kappa shape index (κ2) is 7.25. The van der Waals surface area contributed by atoms with E-state index in [9.17, 15) is 14.4 Å². The molecular formula is C17H14FN5O2S. The molecule has 0 unspecified atom stereocenters. The van der Waals surface area contributed by atoms with Crippen molar-refractivity contribution in [1.82, 2.24) is 15.2 Å². The van der Waals surface area contributed by atoms with Gasteiger partial charge in [0.1, 0.15) is 11.9 Å². The predicted molar refractivity (Wildman–Crippen MR) is 95.6 cm³/mol. The smallest absolute Gasteiger partial charge is 0.295 e. The minimum absolute atomic E-state index is 0. The Morgan fingerprint density at radius 3 is 2.88 bits per heavy atom. The minimum atomic E-state index is -0.653. The van der Waals surface area contributed by atoms with Crippen molar-refractivity contribution in [2.75, 3.05) is 12.4 Å². The van der Waals surface area contributed by atoms with E-state index in [1.165, 1.54) is 25.4 Å². The Morgan fingerprint density at radius 2 is 2.19 bits per heavy atom. The number of nitrogens with one attached hydrogen (secondary N) is 1. The zero-order valence-electron chi connectivity index (χ0n) is 13.8. The van der Waals surface area contributed by atoms with Gasteiger partial charge in [0.15, 0.2) is 0 Å². The number of ether oxygens (including phenoxy) is 1. The van der Waals surface area contributed by atoms with Crippen molar-refractivity contribution in [3.8, 4) is 22.4 Å². The second-order valence-corrected chi connectivity index (χ2v) is 6.12. The average molecular weight is 371 g/mol. The molecule has 7 nitrogen and oxygen atoms in total. The van der Waals surface area contributed by atoms with Crippen molar-refractivity contribution >= 4 is 22.4 Å². The summed E-state index contributed by atoms with van der Waals surface area (Å²) >= 11 is 1.06. The molecule has 2 aromatic heterocycles. The van der Waals surface area contributed by atoms with Gasteiger partial charge in [-0.2, -0.15) is 5.26 Å². The molecule has 0 saturated heterocycles. The van der Waals surface area contributed by atoms with Crippen LogP contribution in [0.25, 0.3) is 11.1 Å². The number of aromatic nitrogens is 3. The Balaban J connectivity index is 0.00000261. The number of hydrogen-bond donors (Lipinski definition) is 1. The number of nitriles is 1. The number of nitrogens with zero attached hydrogens (tertiary/aromatic N) is 4. The number of carbonyl (C=O) groups is 1. The Labute approximate surface area is 153 Å². The van der Waals surface area contributed by atoms with Gasteiger partial charge in [-0.15, -0.1) is 5.10 Å². The summed E-state index contributed by atoms with van der Waals surface area (Å²) in [7, 11) is 1.45. The van der Waals surface area contributed by atoms with Crippen LogP contribution < -0.4 is 10.1 Å². The van der Waals surface area contributed by atoms with E-state index in [4.69, 9.17) is 4.74 Å². The van der Waals surface area contributed by atoms with Crippen LogP contribution in [-0.4, -0.2) is 28.2 Å². The van der Waals surface area contributed by atoms with Crippen molar-refractivity contribution in [3.63, 3.8) is 0 Å². The molecule has 0 spiro atoms. The summed E-state index contributed by atoms with van der Waals surface area (Å²) in [6.07, 6.45) is 1.38. The average Bonchev–Trinajstić information content (AvgIpc) is 3.08. The van der Waals surface area contributed by atoms with Gasteiger partial charge in [-0.1, -0.05) is 17.2 Å². The number of halogens is 1. The van der Waals surface area contributed by atoms with E-state index in [0.29, 0.717) is 22.0 Å². The fraction of sp³-hybridized carbons (Fsp3) is 0.118. The molecule has 1 aromatic carbocycles. The van der Waals surface area contributed by atoms with Crippen molar-refractivity contribution in [3.05, 3.63) is 53.1 Å². The van der Waals surface area contributed by atoms with Gasteiger partial charge in [-0.25, -0.2) is 4.39 Å². The molecule has 0 aliphatic heterocycles. The number of amides is 1. The van der Waals surface area contributed by atoms with Gasteiger partial charge in [-0.3, -0.25) is 15.1 Å². The number of anilines is 1. The van der Waals surface area contributed by atoms with Crippen LogP contribution in [0.5, 0.6) is 5.19 Å². The summed E-state index contributed by atoms with van der Waals surface area (Å²) in [6.45, 7) is 1.74. The van der Waals surface area contributed by atoms with Gasteiger partial charge in [0.05, 0.1) is 18.2 Å². The molecule has 2 heterocycles. The molecule has 26 heavy (non-hydrogen) atoms. The Morgan fingerprint density at radius 1 is 1.38 bits per heavy atom. The number of rotatable bonds is 4. The highest BCUT2D eigenvalue weighted by molar-refractivity contribution is 7.17. The summed E-state index contributed by atoms with van der Waals surface area (Å²) in [5.74, 6) is -1.15. The van der Waals surface area contributed by atoms with E-state index in [1.807, 2.05) is 6.07 Å². The molecule has 0 atom stereocenters. The molecule has 0 aliphatic carbocycles. The van der Waals surface area contributed by atoms with Crippen LogP contribution in [0.4, 0.5) is 9.52 Å². The summed E-state index contributed by atoms with van der Waals surface area (Å²) in [4.78, 5) is 16.8. The van der Waals surface area contributed by atoms with E-state index in [2.05, 4.69) is 20.5 Å². The van der Waals surface area contributed by atoms with Gasteiger partial charge in [0.2, 0.25) is 5.13 Å². The Hall–Kier alpha value is -3.38. The maximum atomic E-state index is 14.0. The molecule has 132 valence electrons. The number of aryl methyl sites for hydroxylation is 1. The monoisotopic (exact) mass is 371 g/mol. The summed E-state index contributed by atoms with van der Waals surface area (Å²) in [5.41, 5.74) is 1.40. The topological polar surface area (TPSA) is 101 Å². The molecule has 3 rings (SSSR count). The van der Waals surface area contributed by atoms with E-state index in [0.717, 1.165) is 11.3 Å². The highest BCUT2D eigenvalue weighted by Gasteiger charge is 2.19. The zero-order valence-corrected chi connectivity index (χ0v) is 14.6. The summed E-state index contributed by atoms with van der Waals surface area (Å²) in [6, 6.07) is 7.74. The predicted octanol–water partition coefficient (Wildman–Crippen LogP) is 3.43. The fourth-order valence-electron chi connectivity index (χ4n) is 2.33. The highest BCUT2D eigenvalue weighted by Crippen LogP contribution is 2.30. The number of benzene rings is 1. The lowest BCUT2D eigenvalue weighted by atomic mass is 9.96. The zero-order chi connectivity index (χ0) is 18.7. The van der Waals surface area contributed by atoms with Crippen LogP contribution in [0, 0.1) is 24.1 Å². The van der Waals surface area contributed by atoms with Crippen LogP contribution in [0.15, 0.2) is 30.5 Å². The Bertz CT molecular complexity index is 1030. The minimum Gasteiger partial charge on any atom is -0.472 e. The molecule has 0 radical (unpaired) electrons. The first-order valence-electron chi connectivity index (χ1n) is 7.38. The van der Waals surface area contributed by atoms with E-state index in [-0.39, 0.29) is 17.7 Å². The molecular weight excluding hydrogens is 357 g/mol. The van der Waals surface area contributed by atoms with Gasteiger partial charge < -0.3 is 4.74 Å². The second-order valence-electron chi connectivity index (χ2n) is 5.18. The van der Waals surface area contributed by atoms with Crippen molar-refractivity contribution < 1.29 is 15.3 Å². The van der Waals surface area contributed by atoms with Crippen LogP contribution in [0.2, 0.25) is 0 Å². The molecule has 1 amide bonds. The van der Waals surface area contributed by atoms with E-state index < -0.39 is 11.7 Å². The normalized spacial score (nSPS) is 10.2. The first-order valence-corrected chi connectivity index (χ1v) is 8.19. The largest absolute Gasteiger partial charge is 0.472 e. The Kier molecular flexibility index (Phi) is 4.86. The first-order chi connectivity index (χ1) is 12.5. The van der Waals surface area contributed by atoms with Crippen molar-refractivity contribution in [2.24, 2.45) is 0 Å². The summed E-state index contributed by atoms with van der Waals surface area (Å²) < 4.78 is 18.9. The molecule has 3 aromatic rings. The molecule has 9 heteroatoms. The maximum Gasteiger partial charge on any atom is 0.295 e. The number of pyridine rings is 1.